The fourth-order valence-electron chi connectivity index (χ4n) is 1.28. The summed E-state index contributed by atoms with van der Waals surface area (Å²) in [7, 11) is 0. The third-order valence-corrected chi connectivity index (χ3v) is 1.98. The summed E-state index contributed by atoms with van der Waals surface area (Å²) in [6, 6.07) is 0. The van der Waals surface area contributed by atoms with E-state index in [4.69, 9.17) is 0 Å². The van der Waals surface area contributed by atoms with Gasteiger partial charge in [-0.2, -0.15) is 13.2 Å². The molecule has 0 unspecified atom stereocenters. The van der Waals surface area contributed by atoms with E-state index in [-0.39, 0.29) is 6.42 Å². The topological polar surface area (TPSA) is 17.1 Å². The Morgan fingerprint density at radius 1 is 1.08 bits per heavy atom. The zero-order chi connectivity index (χ0) is 10.9. The van der Waals surface area contributed by atoms with Crippen molar-refractivity contribution >= 4 is 6.29 Å². The third-order valence-electron chi connectivity index (χ3n) is 1.98. The lowest BCUT2D eigenvalue weighted by atomic mass is 9.75. The summed E-state index contributed by atoms with van der Waals surface area (Å²) >= 11 is 0. The molecule has 0 aromatic rings. The lowest BCUT2D eigenvalue weighted by molar-refractivity contribution is -0.219. The molecule has 0 aromatic heterocycles. The number of carbonyl (C=O) groups excluding carboxylic acids is 1. The van der Waals surface area contributed by atoms with Gasteiger partial charge in [-0.3, -0.25) is 0 Å². The molecule has 0 amide bonds. The SMILES string of the molecule is CC(C)(C=O)CC(C)(C)C(F)(F)F. The van der Waals surface area contributed by atoms with Crippen molar-refractivity contribution in [1.82, 2.24) is 0 Å². The molecule has 78 valence electrons. The van der Waals surface area contributed by atoms with Crippen LogP contribution >= 0.6 is 0 Å². The molecule has 0 saturated carbocycles. The summed E-state index contributed by atoms with van der Waals surface area (Å²) in [6.07, 6.45) is -3.87. The summed E-state index contributed by atoms with van der Waals surface area (Å²) in [4.78, 5) is 10.5. The minimum absolute atomic E-state index is 0.188. The van der Waals surface area contributed by atoms with Crippen LogP contribution in [0, 0.1) is 10.8 Å². The summed E-state index contributed by atoms with van der Waals surface area (Å²) in [5.41, 5.74) is -2.73. The van der Waals surface area contributed by atoms with Gasteiger partial charge in [0.15, 0.2) is 0 Å². The Balaban J connectivity index is 4.61. The van der Waals surface area contributed by atoms with Crippen LogP contribution in [0.1, 0.15) is 34.1 Å². The number of rotatable bonds is 3. The molecule has 0 rings (SSSR count). The van der Waals surface area contributed by atoms with E-state index in [0.29, 0.717) is 6.29 Å². The van der Waals surface area contributed by atoms with Crippen LogP contribution in [0.4, 0.5) is 13.2 Å². The molecule has 13 heavy (non-hydrogen) atoms. The first kappa shape index (κ1) is 12.5. The van der Waals surface area contributed by atoms with Gasteiger partial charge in [0.1, 0.15) is 6.29 Å². The highest BCUT2D eigenvalue weighted by molar-refractivity contribution is 5.57. The maximum atomic E-state index is 12.4. The van der Waals surface area contributed by atoms with Gasteiger partial charge in [-0.1, -0.05) is 27.7 Å². The standard InChI is InChI=1S/C9H15F3O/c1-7(2,6-13)5-8(3,4)9(10,11)12/h6H,5H2,1-4H3. The Kier molecular flexibility index (Phi) is 3.17. The van der Waals surface area contributed by atoms with E-state index < -0.39 is 17.0 Å². The van der Waals surface area contributed by atoms with Gasteiger partial charge < -0.3 is 4.79 Å². The van der Waals surface area contributed by atoms with Gasteiger partial charge in [0.25, 0.3) is 0 Å². The van der Waals surface area contributed by atoms with Crippen LogP contribution in [0.3, 0.4) is 0 Å². The molecule has 0 aliphatic carbocycles. The normalized spacial score (nSPS) is 14.4. The largest absolute Gasteiger partial charge is 0.394 e. The second-order valence-electron chi connectivity index (χ2n) is 4.66. The fraction of sp³-hybridized carbons (Fsp3) is 0.889. The molecule has 0 atom stereocenters. The van der Waals surface area contributed by atoms with Crippen LogP contribution in [0.15, 0.2) is 0 Å². The Morgan fingerprint density at radius 3 is 1.69 bits per heavy atom. The summed E-state index contributed by atoms with van der Waals surface area (Å²) < 4.78 is 37.2. The maximum absolute atomic E-state index is 12.4. The molecule has 0 radical (unpaired) electrons. The van der Waals surface area contributed by atoms with E-state index in [0.717, 1.165) is 13.8 Å². The maximum Gasteiger partial charge on any atom is 0.394 e. The van der Waals surface area contributed by atoms with Crippen molar-refractivity contribution in [3.05, 3.63) is 0 Å². The van der Waals surface area contributed by atoms with E-state index in [1.807, 2.05) is 0 Å². The first-order valence-corrected chi connectivity index (χ1v) is 4.05. The van der Waals surface area contributed by atoms with Crippen LogP contribution in [0.5, 0.6) is 0 Å². The van der Waals surface area contributed by atoms with Gasteiger partial charge in [0.2, 0.25) is 0 Å². The van der Waals surface area contributed by atoms with Crippen molar-refractivity contribution in [3.8, 4) is 0 Å². The first-order chi connectivity index (χ1) is 5.52. The van der Waals surface area contributed by atoms with Crippen molar-refractivity contribution in [2.45, 2.75) is 40.3 Å². The highest BCUT2D eigenvalue weighted by atomic mass is 19.4. The number of aldehydes is 1. The van der Waals surface area contributed by atoms with Crippen LogP contribution in [0.25, 0.3) is 0 Å². The summed E-state index contributed by atoms with van der Waals surface area (Å²) in [5.74, 6) is 0. The molecule has 4 heteroatoms. The Hall–Kier alpha value is -0.540. The van der Waals surface area contributed by atoms with Crippen molar-refractivity contribution in [2.75, 3.05) is 0 Å². The lowest BCUT2D eigenvalue weighted by Crippen LogP contribution is -2.37. The monoisotopic (exact) mass is 196 g/mol. The number of halogens is 3. The van der Waals surface area contributed by atoms with Gasteiger partial charge in [0.05, 0.1) is 5.41 Å². The van der Waals surface area contributed by atoms with E-state index in [1.165, 1.54) is 13.8 Å². The Labute approximate surface area is 76.3 Å². The molecule has 0 aromatic carbocycles. The van der Waals surface area contributed by atoms with Gasteiger partial charge in [-0.05, 0) is 6.42 Å². The third kappa shape index (κ3) is 3.36. The average Bonchev–Trinajstić information content (AvgIpc) is 1.83. The van der Waals surface area contributed by atoms with Crippen molar-refractivity contribution < 1.29 is 18.0 Å². The average molecular weight is 196 g/mol. The summed E-state index contributed by atoms with van der Waals surface area (Å²) in [5, 5.41) is 0. The molecule has 0 bridgehead atoms. The molecule has 0 fully saturated rings. The van der Waals surface area contributed by atoms with Gasteiger partial charge in [-0.25, -0.2) is 0 Å². The highest BCUT2D eigenvalue weighted by Crippen LogP contribution is 2.44. The van der Waals surface area contributed by atoms with Crippen LogP contribution in [0.2, 0.25) is 0 Å². The van der Waals surface area contributed by atoms with Gasteiger partial charge >= 0.3 is 6.18 Å². The van der Waals surface area contributed by atoms with Crippen LogP contribution in [-0.2, 0) is 4.79 Å². The van der Waals surface area contributed by atoms with Crippen LogP contribution < -0.4 is 0 Å². The van der Waals surface area contributed by atoms with Gasteiger partial charge in [-0.15, -0.1) is 0 Å². The number of hydrogen-bond acceptors (Lipinski definition) is 1. The first-order valence-electron chi connectivity index (χ1n) is 4.05. The molecule has 0 heterocycles. The zero-order valence-electron chi connectivity index (χ0n) is 8.33. The van der Waals surface area contributed by atoms with Gasteiger partial charge in [0, 0.05) is 5.41 Å². The van der Waals surface area contributed by atoms with Crippen LogP contribution in [-0.4, -0.2) is 12.5 Å². The number of hydrogen-bond donors (Lipinski definition) is 0. The van der Waals surface area contributed by atoms with Crippen molar-refractivity contribution in [2.24, 2.45) is 10.8 Å². The zero-order valence-corrected chi connectivity index (χ0v) is 8.33. The quantitative estimate of drug-likeness (QED) is 0.633. The fourth-order valence-corrected chi connectivity index (χ4v) is 1.28. The highest BCUT2D eigenvalue weighted by Gasteiger charge is 2.49. The van der Waals surface area contributed by atoms with E-state index >= 15 is 0 Å². The second kappa shape index (κ2) is 3.31. The Morgan fingerprint density at radius 2 is 1.46 bits per heavy atom. The van der Waals surface area contributed by atoms with E-state index in [2.05, 4.69) is 0 Å². The van der Waals surface area contributed by atoms with E-state index in [1.54, 1.807) is 0 Å². The number of alkyl halides is 3. The molecule has 1 nitrogen and oxygen atoms in total. The molecule has 0 aliphatic rings. The molecule has 0 N–H and O–H groups in total. The minimum Gasteiger partial charge on any atom is -0.303 e. The minimum atomic E-state index is -4.26. The molecule has 0 saturated heterocycles. The summed E-state index contributed by atoms with van der Waals surface area (Å²) in [6.45, 7) is 5.23. The smallest absolute Gasteiger partial charge is 0.303 e. The Bertz CT molecular complexity index is 192. The van der Waals surface area contributed by atoms with Crippen molar-refractivity contribution in [3.63, 3.8) is 0 Å². The molecule has 0 spiro atoms. The van der Waals surface area contributed by atoms with Crippen molar-refractivity contribution in [1.29, 1.82) is 0 Å². The second-order valence-corrected chi connectivity index (χ2v) is 4.66. The molecule has 0 aliphatic heterocycles. The predicted octanol–water partition coefficient (Wildman–Crippen LogP) is 3.19. The lowest BCUT2D eigenvalue weighted by Gasteiger charge is -2.33. The number of carbonyl (C=O) groups is 1. The predicted molar refractivity (Wildman–Crippen MR) is 44.3 cm³/mol. The molecular weight excluding hydrogens is 181 g/mol. The molecular formula is C9H15F3O. The van der Waals surface area contributed by atoms with E-state index in [9.17, 15) is 18.0 Å².